The van der Waals surface area contributed by atoms with Crippen LogP contribution in [-0.4, -0.2) is 18.1 Å². The fourth-order valence-electron chi connectivity index (χ4n) is 2.04. The summed E-state index contributed by atoms with van der Waals surface area (Å²) < 4.78 is 0.580. The molecule has 3 nitrogen and oxygen atoms in total. The van der Waals surface area contributed by atoms with Crippen LogP contribution in [0.3, 0.4) is 0 Å². The van der Waals surface area contributed by atoms with Crippen molar-refractivity contribution in [1.82, 2.24) is 4.98 Å². The molecule has 0 saturated heterocycles. The third-order valence-corrected chi connectivity index (χ3v) is 3.33. The topological polar surface area (TPSA) is 44.0 Å². The molecule has 2 rings (SSSR count). The molecule has 1 aliphatic heterocycles. The molecular weight excluding hydrogens is 206 g/mol. The van der Waals surface area contributed by atoms with Gasteiger partial charge in [-0.3, -0.25) is 0 Å². The van der Waals surface area contributed by atoms with Crippen LogP contribution in [0.2, 0.25) is 0 Å². The molecule has 0 saturated carbocycles. The van der Waals surface area contributed by atoms with Crippen molar-refractivity contribution in [2.45, 2.75) is 19.9 Å². The van der Waals surface area contributed by atoms with E-state index >= 15 is 0 Å². The van der Waals surface area contributed by atoms with Gasteiger partial charge in [0, 0.05) is 17.7 Å². The lowest BCUT2D eigenvalue weighted by atomic mass is 10.0. The first kappa shape index (κ1) is 10.3. The number of likely N-dealkylation sites (N-methyl/N-ethyl adjacent to an activating group) is 1. The van der Waals surface area contributed by atoms with Crippen LogP contribution in [0.1, 0.15) is 23.7 Å². The van der Waals surface area contributed by atoms with Crippen molar-refractivity contribution in [2.24, 2.45) is 0 Å². The summed E-state index contributed by atoms with van der Waals surface area (Å²) in [5, 5.41) is 8.90. The lowest BCUT2D eigenvalue weighted by molar-refractivity contribution is -0.914. The SMILES string of the molecule is CC[NH+]1CCc2[nH]c(=S)c(C#N)cc2C1. The highest BCUT2D eigenvalue weighted by Crippen LogP contribution is 2.12. The summed E-state index contributed by atoms with van der Waals surface area (Å²) in [6.45, 7) is 5.49. The quantitative estimate of drug-likeness (QED) is 0.680. The minimum atomic E-state index is 0.580. The maximum Gasteiger partial charge on any atom is 0.121 e. The van der Waals surface area contributed by atoms with E-state index in [9.17, 15) is 0 Å². The molecule has 2 N–H and O–H groups in total. The molecule has 78 valence electrons. The molecule has 4 heteroatoms. The number of H-pyrrole nitrogens is 1. The number of aromatic nitrogens is 1. The van der Waals surface area contributed by atoms with E-state index in [1.54, 1.807) is 4.90 Å². The number of hydrogen-bond donors (Lipinski definition) is 2. The van der Waals surface area contributed by atoms with Gasteiger partial charge >= 0.3 is 0 Å². The average molecular weight is 220 g/mol. The van der Waals surface area contributed by atoms with Crippen LogP contribution in [-0.2, 0) is 13.0 Å². The lowest BCUT2D eigenvalue weighted by Crippen LogP contribution is -3.11. The number of nitrogens with zero attached hydrogens (tertiary/aromatic N) is 1. The number of hydrogen-bond acceptors (Lipinski definition) is 2. The predicted molar refractivity (Wildman–Crippen MR) is 60.1 cm³/mol. The molecule has 0 aromatic carbocycles. The summed E-state index contributed by atoms with van der Waals surface area (Å²) in [6, 6.07) is 4.08. The molecule has 1 aromatic rings. The van der Waals surface area contributed by atoms with Crippen LogP contribution in [0.15, 0.2) is 6.07 Å². The molecule has 0 fully saturated rings. The van der Waals surface area contributed by atoms with Gasteiger partial charge in [0.15, 0.2) is 0 Å². The molecule has 1 atom stereocenters. The Morgan fingerprint density at radius 2 is 2.47 bits per heavy atom. The van der Waals surface area contributed by atoms with Gasteiger partial charge in [0.1, 0.15) is 17.3 Å². The third-order valence-electron chi connectivity index (χ3n) is 3.00. The highest BCUT2D eigenvalue weighted by atomic mass is 32.1. The molecule has 0 aliphatic carbocycles. The van der Waals surface area contributed by atoms with Gasteiger partial charge in [-0.15, -0.1) is 0 Å². The Kier molecular flexibility index (Phi) is 2.85. The highest BCUT2D eigenvalue weighted by molar-refractivity contribution is 7.71. The van der Waals surface area contributed by atoms with Crippen LogP contribution in [0.4, 0.5) is 0 Å². The summed E-state index contributed by atoms with van der Waals surface area (Å²) in [4.78, 5) is 4.74. The van der Waals surface area contributed by atoms with Crippen molar-refractivity contribution in [3.05, 3.63) is 27.5 Å². The van der Waals surface area contributed by atoms with Crippen LogP contribution in [0.5, 0.6) is 0 Å². The van der Waals surface area contributed by atoms with Crippen molar-refractivity contribution >= 4 is 12.2 Å². The van der Waals surface area contributed by atoms with Gasteiger partial charge in [-0.25, -0.2) is 0 Å². The third kappa shape index (κ3) is 1.94. The van der Waals surface area contributed by atoms with E-state index in [-0.39, 0.29) is 0 Å². The first-order valence-electron chi connectivity index (χ1n) is 5.23. The van der Waals surface area contributed by atoms with Crippen LogP contribution < -0.4 is 4.90 Å². The van der Waals surface area contributed by atoms with Crippen LogP contribution in [0, 0.1) is 16.0 Å². The summed E-state index contributed by atoms with van der Waals surface area (Å²) in [5.41, 5.74) is 3.07. The minimum absolute atomic E-state index is 0.580. The normalized spacial score (nSPS) is 19.3. The number of quaternary nitrogens is 1. The van der Waals surface area contributed by atoms with E-state index < -0.39 is 0 Å². The fourth-order valence-corrected chi connectivity index (χ4v) is 2.26. The van der Waals surface area contributed by atoms with Crippen molar-refractivity contribution in [3.63, 3.8) is 0 Å². The summed E-state index contributed by atoms with van der Waals surface area (Å²) in [5.74, 6) is 0. The fraction of sp³-hybridized carbons (Fsp3) is 0.455. The second-order valence-electron chi connectivity index (χ2n) is 3.91. The molecule has 0 spiro atoms. The van der Waals surface area contributed by atoms with E-state index in [0.717, 1.165) is 26.1 Å². The van der Waals surface area contributed by atoms with Gasteiger partial charge < -0.3 is 9.88 Å². The monoisotopic (exact) mass is 220 g/mol. The molecule has 1 aliphatic rings. The Labute approximate surface area is 94.3 Å². The van der Waals surface area contributed by atoms with Gasteiger partial charge in [0.05, 0.1) is 18.7 Å². The second kappa shape index (κ2) is 4.13. The van der Waals surface area contributed by atoms with Crippen molar-refractivity contribution in [1.29, 1.82) is 5.26 Å². The molecule has 0 bridgehead atoms. The van der Waals surface area contributed by atoms with Crippen molar-refractivity contribution in [2.75, 3.05) is 13.1 Å². The molecule has 1 unspecified atom stereocenters. The van der Waals surface area contributed by atoms with E-state index in [4.69, 9.17) is 17.5 Å². The first-order valence-corrected chi connectivity index (χ1v) is 5.64. The molecular formula is C11H14N3S+. The van der Waals surface area contributed by atoms with E-state index in [1.807, 2.05) is 6.07 Å². The number of pyridine rings is 1. The van der Waals surface area contributed by atoms with Gasteiger partial charge in [-0.05, 0) is 13.0 Å². The number of aromatic amines is 1. The average Bonchev–Trinajstić information content (AvgIpc) is 2.27. The Hall–Kier alpha value is -1.18. The molecule has 2 heterocycles. The first-order chi connectivity index (χ1) is 7.24. The zero-order chi connectivity index (χ0) is 10.8. The van der Waals surface area contributed by atoms with Gasteiger partial charge in [0.25, 0.3) is 0 Å². The van der Waals surface area contributed by atoms with Crippen LogP contribution >= 0.6 is 12.2 Å². The maximum atomic E-state index is 8.90. The van der Waals surface area contributed by atoms with E-state index in [1.165, 1.54) is 11.3 Å². The van der Waals surface area contributed by atoms with Crippen molar-refractivity contribution < 1.29 is 4.90 Å². The summed E-state index contributed by atoms with van der Waals surface area (Å²) in [7, 11) is 0. The van der Waals surface area contributed by atoms with E-state index in [2.05, 4.69) is 18.0 Å². The standard InChI is InChI=1S/C11H13N3S/c1-2-14-4-3-10-9(7-14)5-8(6-12)11(15)13-10/h5H,2-4,7H2,1H3,(H,13,15)/p+1. The van der Waals surface area contributed by atoms with Gasteiger partial charge in [-0.2, -0.15) is 5.26 Å². The highest BCUT2D eigenvalue weighted by Gasteiger charge is 2.19. The van der Waals surface area contributed by atoms with E-state index in [0.29, 0.717) is 10.2 Å². The number of nitriles is 1. The Balaban J connectivity index is 2.43. The number of rotatable bonds is 1. The van der Waals surface area contributed by atoms with Gasteiger partial charge in [0.2, 0.25) is 0 Å². The predicted octanol–water partition coefficient (Wildman–Crippen LogP) is 0.577. The smallest absolute Gasteiger partial charge is 0.121 e. The minimum Gasteiger partial charge on any atom is -0.348 e. The zero-order valence-electron chi connectivity index (χ0n) is 8.76. The number of fused-ring (bicyclic) bond motifs is 1. The molecule has 1 aromatic heterocycles. The Morgan fingerprint density at radius 3 is 3.13 bits per heavy atom. The maximum absolute atomic E-state index is 8.90. The summed E-state index contributed by atoms with van der Waals surface area (Å²) in [6.07, 6.45) is 1.04. The van der Waals surface area contributed by atoms with Crippen molar-refractivity contribution in [3.8, 4) is 6.07 Å². The largest absolute Gasteiger partial charge is 0.348 e. The lowest BCUT2D eigenvalue weighted by Gasteiger charge is -2.24. The Bertz CT molecular complexity index is 470. The van der Waals surface area contributed by atoms with Crippen LogP contribution in [0.25, 0.3) is 0 Å². The molecule has 0 amide bonds. The Morgan fingerprint density at radius 1 is 1.67 bits per heavy atom. The number of nitrogens with one attached hydrogen (secondary N) is 2. The zero-order valence-corrected chi connectivity index (χ0v) is 9.58. The molecule has 0 radical (unpaired) electrons. The summed E-state index contributed by atoms with van der Waals surface area (Å²) >= 11 is 5.11. The van der Waals surface area contributed by atoms with Gasteiger partial charge in [-0.1, -0.05) is 12.2 Å². The second-order valence-corrected chi connectivity index (χ2v) is 4.32. The molecule has 15 heavy (non-hydrogen) atoms.